The number of aryl methyl sites for hydroxylation is 1. The Kier molecular flexibility index (Phi) is 4.48. The minimum absolute atomic E-state index is 0.109. The van der Waals surface area contributed by atoms with Crippen molar-refractivity contribution in [1.82, 2.24) is 9.55 Å². The molecule has 3 aromatic rings. The van der Waals surface area contributed by atoms with Crippen LogP contribution in [-0.2, 0) is 6.54 Å². The molecule has 124 valence electrons. The van der Waals surface area contributed by atoms with Gasteiger partial charge in [0.1, 0.15) is 24.3 Å². The van der Waals surface area contributed by atoms with E-state index in [-0.39, 0.29) is 12.2 Å². The maximum atomic E-state index is 10.8. The van der Waals surface area contributed by atoms with Gasteiger partial charge in [0.15, 0.2) is 0 Å². The molecule has 2 N–H and O–H groups in total. The Bertz CT molecular complexity index is 855. The third-order valence-corrected chi connectivity index (χ3v) is 3.78. The van der Waals surface area contributed by atoms with E-state index in [1.807, 2.05) is 35.8 Å². The fourth-order valence-electron chi connectivity index (χ4n) is 2.58. The van der Waals surface area contributed by atoms with Gasteiger partial charge in [-0.3, -0.25) is 0 Å². The highest BCUT2D eigenvalue weighted by molar-refractivity contribution is 5.87. The smallest absolute Gasteiger partial charge is 0.335 e. The highest BCUT2D eigenvalue weighted by atomic mass is 16.5. The number of rotatable bonds is 6. The van der Waals surface area contributed by atoms with E-state index in [0.717, 1.165) is 16.9 Å². The first-order valence-corrected chi connectivity index (χ1v) is 7.60. The van der Waals surface area contributed by atoms with Crippen LogP contribution in [0, 0.1) is 6.92 Å². The van der Waals surface area contributed by atoms with Crippen molar-refractivity contribution >= 4 is 17.0 Å². The minimum Gasteiger partial charge on any atom is -0.491 e. The Morgan fingerprint density at radius 1 is 1.21 bits per heavy atom. The number of carboxylic acid groups (broad SMARTS) is 1. The van der Waals surface area contributed by atoms with Crippen molar-refractivity contribution in [2.45, 2.75) is 19.6 Å². The summed E-state index contributed by atoms with van der Waals surface area (Å²) in [5.41, 5.74) is 2.07. The molecule has 1 unspecified atom stereocenters. The van der Waals surface area contributed by atoms with Crippen LogP contribution in [0.5, 0.6) is 5.75 Å². The normalized spacial score (nSPS) is 12.2. The highest BCUT2D eigenvalue weighted by Crippen LogP contribution is 2.17. The van der Waals surface area contributed by atoms with Gasteiger partial charge >= 0.3 is 5.97 Å². The first kappa shape index (κ1) is 16.0. The Balaban J connectivity index is 1.64. The van der Waals surface area contributed by atoms with Gasteiger partial charge in [0.2, 0.25) is 0 Å². The van der Waals surface area contributed by atoms with E-state index in [0.29, 0.717) is 12.3 Å². The molecule has 0 aliphatic carbocycles. The maximum absolute atomic E-state index is 10.8. The SMILES string of the molecule is Cc1nc2ccccc2n1CC(O)COc1ccc(C(=O)O)cc1. The molecule has 0 fully saturated rings. The summed E-state index contributed by atoms with van der Waals surface area (Å²) in [5, 5.41) is 19.1. The molecule has 0 spiro atoms. The summed E-state index contributed by atoms with van der Waals surface area (Å²) < 4.78 is 7.48. The van der Waals surface area contributed by atoms with Crippen molar-refractivity contribution in [3.8, 4) is 5.75 Å². The number of benzene rings is 2. The van der Waals surface area contributed by atoms with Gasteiger partial charge in [-0.2, -0.15) is 0 Å². The molecule has 1 heterocycles. The number of aromatic nitrogens is 2. The number of carboxylic acids is 1. The number of hydrogen-bond acceptors (Lipinski definition) is 4. The summed E-state index contributed by atoms with van der Waals surface area (Å²) in [6.07, 6.45) is -0.708. The van der Waals surface area contributed by atoms with E-state index in [1.54, 1.807) is 12.1 Å². The second-order valence-corrected chi connectivity index (χ2v) is 5.55. The van der Waals surface area contributed by atoms with Crippen LogP contribution >= 0.6 is 0 Å². The Morgan fingerprint density at radius 2 is 1.92 bits per heavy atom. The number of hydrogen-bond donors (Lipinski definition) is 2. The van der Waals surface area contributed by atoms with Crippen LogP contribution in [0.4, 0.5) is 0 Å². The molecule has 0 saturated carbocycles. The van der Waals surface area contributed by atoms with E-state index in [9.17, 15) is 9.90 Å². The summed E-state index contributed by atoms with van der Waals surface area (Å²) in [4.78, 5) is 15.3. The Labute approximate surface area is 138 Å². The topological polar surface area (TPSA) is 84.6 Å². The van der Waals surface area contributed by atoms with Crippen molar-refractivity contribution in [3.63, 3.8) is 0 Å². The van der Waals surface area contributed by atoms with Crippen molar-refractivity contribution in [1.29, 1.82) is 0 Å². The number of fused-ring (bicyclic) bond motifs is 1. The number of aromatic carboxylic acids is 1. The lowest BCUT2D eigenvalue weighted by Gasteiger charge is -2.15. The van der Waals surface area contributed by atoms with E-state index >= 15 is 0 Å². The summed E-state index contributed by atoms with van der Waals surface area (Å²) in [7, 11) is 0. The van der Waals surface area contributed by atoms with Gasteiger partial charge in [-0.15, -0.1) is 0 Å². The molecule has 0 bridgehead atoms. The monoisotopic (exact) mass is 326 g/mol. The van der Waals surface area contributed by atoms with E-state index in [1.165, 1.54) is 12.1 Å². The fourth-order valence-corrected chi connectivity index (χ4v) is 2.58. The zero-order valence-corrected chi connectivity index (χ0v) is 13.2. The van der Waals surface area contributed by atoms with Crippen molar-refractivity contribution in [2.24, 2.45) is 0 Å². The predicted molar refractivity (Wildman–Crippen MR) is 89.4 cm³/mol. The van der Waals surface area contributed by atoms with E-state index < -0.39 is 12.1 Å². The number of nitrogens with zero attached hydrogens (tertiary/aromatic N) is 2. The van der Waals surface area contributed by atoms with Gasteiger partial charge in [-0.25, -0.2) is 9.78 Å². The zero-order chi connectivity index (χ0) is 17.1. The van der Waals surface area contributed by atoms with Crippen LogP contribution < -0.4 is 4.74 Å². The first-order valence-electron chi connectivity index (χ1n) is 7.60. The lowest BCUT2D eigenvalue weighted by atomic mass is 10.2. The first-order chi connectivity index (χ1) is 11.5. The van der Waals surface area contributed by atoms with Crippen LogP contribution in [-0.4, -0.2) is 38.4 Å². The zero-order valence-electron chi connectivity index (χ0n) is 13.2. The van der Waals surface area contributed by atoms with Crippen LogP contribution in [0.25, 0.3) is 11.0 Å². The summed E-state index contributed by atoms with van der Waals surface area (Å²) in [6.45, 7) is 2.39. The Hall–Kier alpha value is -2.86. The molecule has 6 heteroatoms. The maximum Gasteiger partial charge on any atom is 0.335 e. The van der Waals surface area contributed by atoms with Crippen LogP contribution in [0.2, 0.25) is 0 Å². The number of carbonyl (C=O) groups is 1. The van der Waals surface area contributed by atoms with Gasteiger partial charge in [0.25, 0.3) is 0 Å². The lowest BCUT2D eigenvalue weighted by molar-refractivity contribution is 0.0696. The molecule has 3 rings (SSSR count). The molecule has 2 aromatic carbocycles. The lowest BCUT2D eigenvalue weighted by Crippen LogP contribution is -2.24. The minimum atomic E-state index is -0.982. The fraction of sp³-hybridized carbons (Fsp3) is 0.222. The number of para-hydroxylation sites is 2. The summed E-state index contributed by atoms with van der Waals surface area (Å²) in [5.74, 6) is 0.372. The van der Waals surface area contributed by atoms with Gasteiger partial charge in [-0.1, -0.05) is 12.1 Å². The molecular weight excluding hydrogens is 308 g/mol. The summed E-state index contributed by atoms with van der Waals surface area (Å²) in [6, 6.07) is 13.9. The second-order valence-electron chi connectivity index (χ2n) is 5.55. The van der Waals surface area contributed by atoms with Gasteiger partial charge in [0.05, 0.1) is 23.1 Å². The largest absolute Gasteiger partial charge is 0.491 e. The van der Waals surface area contributed by atoms with E-state index in [2.05, 4.69) is 4.98 Å². The molecule has 0 saturated heterocycles. The van der Waals surface area contributed by atoms with Gasteiger partial charge in [0, 0.05) is 0 Å². The van der Waals surface area contributed by atoms with Crippen molar-refractivity contribution < 1.29 is 19.7 Å². The molecule has 1 atom stereocenters. The molecule has 0 aliphatic rings. The molecule has 0 radical (unpaired) electrons. The molecule has 24 heavy (non-hydrogen) atoms. The highest BCUT2D eigenvalue weighted by Gasteiger charge is 2.12. The molecule has 1 aromatic heterocycles. The van der Waals surface area contributed by atoms with Crippen LogP contribution in [0.15, 0.2) is 48.5 Å². The predicted octanol–water partition coefficient (Wildman–Crippen LogP) is 2.48. The van der Waals surface area contributed by atoms with E-state index in [4.69, 9.17) is 9.84 Å². The van der Waals surface area contributed by atoms with Gasteiger partial charge in [-0.05, 0) is 43.3 Å². The van der Waals surface area contributed by atoms with Crippen molar-refractivity contribution in [3.05, 3.63) is 59.9 Å². The molecule has 6 nitrogen and oxygen atoms in total. The average Bonchev–Trinajstić information content (AvgIpc) is 2.89. The number of ether oxygens (including phenoxy) is 1. The Morgan fingerprint density at radius 3 is 2.62 bits per heavy atom. The third-order valence-electron chi connectivity index (χ3n) is 3.78. The summed E-state index contributed by atoms with van der Waals surface area (Å²) >= 11 is 0. The van der Waals surface area contributed by atoms with Gasteiger partial charge < -0.3 is 19.5 Å². The quantitative estimate of drug-likeness (QED) is 0.727. The molecule has 0 aliphatic heterocycles. The number of aliphatic hydroxyl groups excluding tert-OH is 1. The molecule has 0 amide bonds. The molecular formula is C18H18N2O4. The average molecular weight is 326 g/mol. The van der Waals surface area contributed by atoms with Crippen molar-refractivity contribution in [2.75, 3.05) is 6.61 Å². The number of imidazole rings is 1. The number of aliphatic hydroxyl groups is 1. The van der Waals surface area contributed by atoms with Crippen LogP contribution in [0.1, 0.15) is 16.2 Å². The third kappa shape index (κ3) is 3.38. The standard InChI is InChI=1S/C18H18N2O4/c1-12-19-16-4-2-3-5-17(16)20(12)10-14(21)11-24-15-8-6-13(7-9-15)18(22)23/h2-9,14,21H,10-11H2,1H3,(H,22,23). The van der Waals surface area contributed by atoms with Crippen LogP contribution in [0.3, 0.4) is 0 Å². The second kappa shape index (κ2) is 6.72.